The van der Waals surface area contributed by atoms with Gasteiger partial charge in [0.05, 0.1) is 5.76 Å². The van der Waals surface area contributed by atoms with E-state index in [4.69, 9.17) is 16.6 Å². The first-order valence-electron chi connectivity index (χ1n) is 13.6. The smallest absolute Gasteiger partial charge is 0.140 e. The summed E-state index contributed by atoms with van der Waals surface area (Å²) in [4.78, 5) is 4.74. The predicted molar refractivity (Wildman–Crippen MR) is 151 cm³/mol. The molecule has 1 unspecified atom stereocenters. The molecule has 2 aromatic carbocycles. The van der Waals surface area contributed by atoms with E-state index < -0.39 is 0 Å². The standard InChI is InChI=1S/C32H38ClFN2O/c1-2-3-20-36-29(23-35-32(36)26-14-17-28(34)18-15-26)11-7-10-25(13-12-24-8-5-4-6-9-24)21-27-16-19-30(37)22-31(27)33/h4-6,8-9,14-15,17-18,22-23,25,37H,2-3,7,10-13,16,19-21H2,1H3. The van der Waals surface area contributed by atoms with Gasteiger partial charge in [0.1, 0.15) is 11.6 Å². The molecule has 5 heteroatoms. The minimum atomic E-state index is -0.226. The van der Waals surface area contributed by atoms with E-state index in [1.54, 1.807) is 6.08 Å². The van der Waals surface area contributed by atoms with Gasteiger partial charge in [0.25, 0.3) is 0 Å². The van der Waals surface area contributed by atoms with Crippen molar-refractivity contribution < 1.29 is 9.50 Å². The number of halogens is 2. The van der Waals surface area contributed by atoms with E-state index >= 15 is 0 Å². The van der Waals surface area contributed by atoms with Crippen LogP contribution in [0.15, 0.2) is 83.2 Å². The number of aliphatic hydroxyl groups excluding tert-OH is 1. The average molecular weight is 521 g/mol. The number of nitrogens with zero attached hydrogens (tertiary/aromatic N) is 2. The summed E-state index contributed by atoms with van der Waals surface area (Å²) in [7, 11) is 0. The Kier molecular flexibility index (Phi) is 10.0. The summed E-state index contributed by atoms with van der Waals surface area (Å²) in [6, 6.07) is 17.3. The van der Waals surface area contributed by atoms with Crippen molar-refractivity contribution in [3.8, 4) is 11.4 Å². The van der Waals surface area contributed by atoms with Crippen LogP contribution in [0.1, 0.15) is 69.5 Å². The van der Waals surface area contributed by atoms with Crippen molar-refractivity contribution in [2.75, 3.05) is 0 Å². The Morgan fingerprint density at radius 2 is 1.78 bits per heavy atom. The lowest BCUT2D eigenvalue weighted by Gasteiger charge is -2.22. The normalized spacial score (nSPS) is 14.6. The summed E-state index contributed by atoms with van der Waals surface area (Å²) in [6.45, 7) is 3.12. The summed E-state index contributed by atoms with van der Waals surface area (Å²) in [5.74, 6) is 1.61. The number of hydrogen-bond donors (Lipinski definition) is 1. The van der Waals surface area contributed by atoms with E-state index in [0.717, 1.165) is 80.8 Å². The summed E-state index contributed by atoms with van der Waals surface area (Å²) in [5.41, 5.74) is 4.84. The quantitative estimate of drug-likeness (QED) is 0.244. The molecular formula is C32H38ClFN2O. The lowest BCUT2D eigenvalue weighted by molar-refractivity contribution is 0.377. The molecule has 1 aromatic heterocycles. The van der Waals surface area contributed by atoms with Crippen LogP contribution in [0.3, 0.4) is 0 Å². The van der Waals surface area contributed by atoms with Gasteiger partial charge in [0.2, 0.25) is 0 Å². The van der Waals surface area contributed by atoms with Crippen LogP contribution in [-0.4, -0.2) is 14.7 Å². The third-order valence-corrected chi connectivity index (χ3v) is 7.73. The Balaban J connectivity index is 1.45. The minimum absolute atomic E-state index is 0.226. The highest BCUT2D eigenvalue weighted by molar-refractivity contribution is 6.31. The number of aromatic nitrogens is 2. The summed E-state index contributed by atoms with van der Waals surface area (Å²) in [5, 5.41) is 10.6. The molecule has 4 rings (SSSR count). The molecule has 1 heterocycles. The van der Waals surface area contributed by atoms with E-state index in [9.17, 15) is 9.50 Å². The molecule has 1 atom stereocenters. The molecule has 0 fully saturated rings. The number of rotatable bonds is 13. The number of aliphatic hydroxyl groups is 1. The van der Waals surface area contributed by atoms with Gasteiger partial charge in [-0.25, -0.2) is 9.37 Å². The van der Waals surface area contributed by atoms with Crippen LogP contribution >= 0.6 is 11.6 Å². The van der Waals surface area contributed by atoms with E-state index in [2.05, 4.69) is 41.8 Å². The zero-order chi connectivity index (χ0) is 26.0. The van der Waals surface area contributed by atoms with Gasteiger partial charge in [-0.15, -0.1) is 0 Å². The van der Waals surface area contributed by atoms with Gasteiger partial charge in [-0.05, 0) is 93.2 Å². The van der Waals surface area contributed by atoms with Crippen LogP contribution in [0.4, 0.5) is 4.39 Å². The highest BCUT2D eigenvalue weighted by Crippen LogP contribution is 2.33. The average Bonchev–Trinajstić information content (AvgIpc) is 3.30. The molecular weight excluding hydrogens is 483 g/mol. The van der Waals surface area contributed by atoms with Crippen molar-refractivity contribution in [1.82, 2.24) is 9.55 Å². The maximum atomic E-state index is 13.5. The topological polar surface area (TPSA) is 38.0 Å². The molecule has 3 aromatic rings. The molecule has 0 amide bonds. The van der Waals surface area contributed by atoms with Crippen molar-refractivity contribution in [2.24, 2.45) is 5.92 Å². The minimum Gasteiger partial charge on any atom is -0.512 e. The largest absolute Gasteiger partial charge is 0.512 e. The summed E-state index contributed by atoms with van der Waals surface area (Å²) >= 11 is 6.52. The van der Waals surface area contributed by atoms with Crippen LogP contribution in [0.2, 0.25) is 0 Å². The number of hydrogen-bond acceptors (Lipinski definition) is 2. The second kappa shape index (κ2) is 13.6. The molecule has 3 nitrogen and oxygen atoms in total. The zero-order valence-electron chi connectivity index (χ0n) is 21.8. The Labute approximate surface area is 225 Å². The molecule has 0 saturated carbocycles. The fraction of sp³-hybridized carbons (Fsp3) is 0.406. The second-order valence-electron chi connectivity index (χ2n) is 10.2. The number of unbranched alkanes of at least 4 members (excludes halogenated alkanes) is 1. The van der Waals surface area contributed by atoms with Crippen molar-refractivity contribution >= 4 is 11.6 Å². The molecule has 0 saturated heterocycles. The fourth-order valence-corrected chi connectivity index (χ4v) is 5.51. The Morgan fingerprint density at radius 3 is 2.51 bits per heavy atom. The highest BCUT2D eigenvalue weighted by atomic mass is 35.5. The van der Waals surface area contributed by atoms with E-state index in [0.29, 0.717) is 18.1 Å². The number of allylic oxidation sites excluding steroid dienone is 4. The molecule has 37 heavy (non-hydrogen) atoms. The Morgan fingerprint density at radius 1 is 1.00 bits per heavy atom. The van der Waals surface area contributed by atoms with Gasteiger partial charge in [-0.3, -0.25) is 0 Å². The monoisotopic (exact) mass is 520 g/mol. The lowest BCUT2D eigenvalue weighted by Crippen LogP contribution is -2.09. The Hall–Kier alpha value is -2.85. The molecule has 1 aliphatic carbocycles. The van der Waals surface area contributed by atoms with Gasteiger partial charge >= 0.3 is 0 Å². The van der Waals surface area contributed by atoms with E-state index in [-0.39, 0.29) is 5.82 Å². The molecule has 1 aliphatic rings. The van der Waals surface area contributed by atoms with E-state index in [1.807, 2.05) is 18.3 Å². The van der Waals surface area contributed by atoms with Crippen LogP contribution in [0.5, 0.6) is 0 Å². The highest BCUT2D eigenvalue weighted by Gasteiger charge is 2.18. The third-order valence-electron chi connectivity index (χ3n) is 7.35. The molecule has 196 valence electrons. The van der Waals surface area contributed by atoms with Gasteiger partial charge in [-0.1, -0.05) is 60.9 Å². The lowest BCUT2D eigenvalue weighted by atomic mass is 9.86. The van der Waals surface area contributed by atoms with Crippen molar-refractivity contribution in [2.45, 2.75) is 77.7 Å². The van der Waals surface area contributed by atoms with Gasteiger partial charge < -0.3 is 9.67 Å². The maximum absolute atomic E-state index is 13.5. The Bertz CT molecular complexity index is 1200. The fourth-order valence-electron chi connectivity index (χ4n) is 5.21. The summed E-state index contributed by atoms with van der Waals surface area (Å²) in [6.07, 6.45) is 13.7. The molecule has 0 radical (unpaired) electrons. The second-order valence-corrected chi connectivity index (χ2v) is 10.6. The van der Waals surface area contributed by atoms with Crippen LogP contribution in [0, 0.1) is 11.7 Å². The van der Waals surface area contributed by atoms with Gasteiger partial charge in [-0.2, -0.15) is 0 Å². The molecule has 0 spiro atoms. The van der Waals surface area contributed by atoms with Crippen LogP contribution < -0.4 is 0 Å². The SMILES string of the molecule is CCCCn1c(CCCC(CCc2ccccc2)CC2=C(Cl)C=C(O)CC2)cnc1-c1ccc(F)cc1. The maximum Gasteiger partial charge on any atom is 0.140 e. The van der Waals surface area contributed by atoms with Crippen LogP contribution in [-0.2, 0) is 19.4 Å². The third kappa shape index (κ3) is 7.82. The van der Waals surface area contributed by atoms with Gasteiger partial charge in [0, 0.05) is 35.5 Å². The first-order chi connectivity index (χ1) is 18.0. The zero-order valence-corrected chi connectivity index (χ0v) is 22.6. The molecule has 0 bridgehead atoms. The first-order valence-corrected chi connectivity index (χ1v) is 14.0. The number of benzene rings is 2. The van der Waals surface area contributed by atoms with E-state index in [1.165, 1.54) is 29.0 Å². The molecule has 0 aliphatic heterocycles. The van der Waals surface area contributed by atoms with Crippen LogP contribution in [0.25, 0.3) is 11.4 Å². The predicted octanol–water partition coefficient (Wildman–Crippen LogP) is 9.18. The number of aryl methyl sites for hydroxylation is 2. The molecule has 1 N–H and O–H groups in total. The summed E-state index contributed by atoms with van der Waals surface area (Å²) < 4.78 is 15.8. The first kappa shape index (κ1) is 27.2. The van der Waals surface area contributed by atoms with Crippen molar-refractivity contribution in [1.29, 1.82) is 0 Å². The van der Waals surface area contributed by atoms with Crippen molar-refractivity contribution in [3.63, 3.8) is 0 Å². The van der Waals surface area contributed by atoms with Crippen molar-refractivity contribution in [3.05, 3.63) is 100 Å². The number of imidazole rings is 1. The van der Waals surface area contributed by atoms with Gasteiger partial charge in [0.15, 0.2) is 0 Å².